The molecule has 1 rings (SSSR count). The molecule has 0 aliphatic heterocycles. The lowest BCUT2D eigenvalue weighted by molar-refractivity contribution is 0.360. The highest BCUT2D eigenvalue weighted by Gasteiger charge is 2.22. The first kappa shape index (κ1) is 12.0. The van der Waals surface area contributed by atoms with Crippen LogP contribution in [0.3, 0.4) is 0 Å². The van der Waals surface area contributed by atoms with Crippen LogP contribution in [0.4, 0.5) is 17.6 Å². The van der Waals surface area contributed by atoms with Crippen molar-refractivity contribution in [2.45, 2.75) is 13.5 Å². The second-order valence-corrected chi connectivity index (χ2v) is 3.60. The fourth-order valence-corrected chi connectivity index (χ4v) is 1.24. The van der Waals surface area contributed by atoms with Crippen LogP contribution in [0.2, 0.25) is 0 Å². The van der Waals surface area contributed by atoms with E-state index >= 15 is 0 Å². The van der Waals surface area contributed by atoms with Gasteiger partial charge in [0.1, 0.15) is 0 Å². The fraction of sp³-hybridized carbons (Fsp3) is 0.400. The average molecular weight is 221 g/mol. The highest BCUT2D eigenvalue weighted by Crippen LogP contribution is 2.23. The summed E-state index contributed by atoms with van der Waals surface area (Å²) in [5.74, 6) is -5.29. The van der Waals surface area contributed by atoms with Crippen molar-refractivity contribution in [1.82, 2.24) is 4.90 Å². The zero-order valence-electron chi connectivity index (χ0n) is 8.67. The van der Waals surface area contributed by atoms with Crippen LogP contribution in [-0.2, 0) is 6.54 Å². The SMILES string of the molecule is Cc1c(F)c(F)c(CN(C)C)c(F)c1F. The van der Waals surface area contributed by atoms with E-state index in [9.17, 15) is 17.6 Å². The van der Waals surface area contributed by atoms with Gasteiger partial charge < -0.3 is 4.90 Å². The van der Waals surface area contributed by atoms with E-state index in [2.05, 4.69) is 0 Å². The first-order chi connectivity index (χ1) is 6.86. The molecule has 1 aromatic carbocycles. The molecule has 0 spiro atoms. The third-order valence-corrected chi connectivity index (χ3v) is 2.05. The molecule has 15 heavy (non-hydrogen) atoms. The van der Waals surface area contributed by atoms with Crippen LogP contribution >= 0.6 is 0 Å². The molecule has 1 nitrogen and oxygen atoms in total. The van der Waals surface area contributed by atoms with Crippen LogP contribution in [0.5, 0.6) is 0 Å². The highest BCUT2D eigenvalue weighted by molar-refractivity contribution is 5.28. The van der Waals surface area contributed by atoms with E-state index in [0.29, 0.717) is 0 Å². The molecular weight excluding hydrogens is 210 g/mol. The zero-order chi connectivity index (χ0) is 11.7. The van der Waals surface area contributed by atoms with Gasteiger partial charge in [0.2, 0.25) is 0 Å². The molecule has 0 aromatic heterocycles. The van der Waals surface area contributed by atoms with E-state index in [1.54, 1.807) is 14.1 Å². The number of rotatable bonds is 2. The molecule has 0 unspecified atom stereocenters. The van der Waals surface area contributed by atoms with Crippen molar-refractivity contribution in [3.8, 4) is 0 Å². The predicted molar refractivity (Wildman–Crippen MR) is 48.4 cm³/mol. The summed E-state index contributed by atoms with van der Waals surface area (Å²) in [5.41, 5.74) is -1.21. The summed E-state index contributed by atoms with van der Waals surface area (Å²) in [6.45, 7) is 0.808. The van der Waals surface area contributed by atoms with E-state index < -0.39 is 34.4 Å². The first-order valence-electron chi connectivity index (χ1n) is 4.32. The number of benzene rings is 1. The Balaban J connectivity index is 3.39. The summed E-state index contributed by atoms with van der Waals surface area (Å²) >= 11 is 0. The molecule has 0 fully saturated rings. The van der Waals surface area contributed by atoms with Crippen LogP contribution in [0.25, 0.3) is 0 Å². The Kier molecular flexibility index (Phi) is 3.34. The van der Waals surface area contributed by atoms with E-state index in [-0.39, 0.29) is 6.54 Å². The van der Waals surface area contributed by atoms with Gasteiger partial charge in [0.25, 0.3) is 0 Å². The van der Waals surface area contributed by atoms with Gasteiger partial charge in [-0.25, -0.2) is 17.6 Å². The van der Waals surface area contributed by atoms with Gasteiger partial charge in [0, 0.05) is 17.7 Å². The maximum Gasteiger partial charge on any atom is 0.166 e. The standard InChI is InChI=1S/C10H11F4N/c1-5-7(11)9(13)6(4-15(2)3)10(14)8(5)12/h4H2,1-3H3. The molecule has 84 valence electrons. The number of nitrogens with zero attached hydrogens (tertiary/aromatic N) is 1. The topological polar surface area (TPSA) is 3.24 Å². The molecule has 0 amide bonds. The summed E-state index contributed by atoms with van der Waals surface area (Å²) in [6, 6.07) is 0. The summed E-state index contributed by atoms with van der Waals surface area (Å²) in [4.78, 5) is 1.43. The van der Waals surface area contributed by atoms with Crippen molar-refractivity contribution in [1.29, 1.82) is 0 Å². The summed E-state index contributed by atoms with van der Waals surface area (Å²) in [5, 5.41) is 0. The molecule has 0 aliphatic rings. The Bertz CT molecular complexity index is 358. The van der Waals surface area contributed by atoms with Crippen molar-refractivity contribution >= 4 is 0 Å². The van der Waals surface area contributed by atoms with Crippen molar-refractivity contribution in [3.05, 3.63) is 34.4 Å². The summed E-state index contributed by atoms with van der Waals surface area (Å²) in [6.07, 6.45) is 0. The van der Waals surface area contributed by atoms with Gasteiger partial charge in [-0.1, -0.05) is 0 Å². The van der Waals surface area contributed by atoms with Gasteiger partial charge in [-0.15, -0.1) is 0 Å². The molecule has 1 aromatic rings. The second-order valence-electron chi connectivity index (χ2n) is 3.60. The van der Waals surface area contributed by atoms with Crippen molar-refractivity contribution in [3.63, 3.8) is 0 Å². The minimum atomic E-state index is -1.33. The first-order valence-corrected chi connectivity index (χ1v) is 4.32. The van der Waals surface area contributed by atoms with E-state index in [1.165, 1.54) is 4.90 Å². The molecule has 0 bridgehead atoms. The smallest absolute Gasteiger partial charge is 0.166 e. The molecule has 0 saturated heterocycles. The molecule has 0 heterocycles. The van der Waals surface area contributed by atoms with Gasteiger partial charge in [0.15, 0.2) is 23.3 Å². The summed E-state index contributed by atoms with van der Waals surface area (Å²) < 4.78 is 52.7. The predicted octanol–water partition coefficient (Wildman–Crippen LogP) is 2.61. The second kappa shape index (κ2) is 4.18. The summed E-state index contributed by atoms with van der Waals surface area (Å²) in [7, 11) is 3.10. The van der Waals surface area contributed by atoms with Gasteiger partial charge in [0.05, 0.1) is 0 Å². The normalized spacial score (nSPS) is 11.2. The molecule has 0 radical (unpaired) electrons. The number of hydrogen-bond donors (Lipinski definition) is 0. The molecular formula is C10H11F4N. The van der Waals surface area contributed by atoms with E-state index in [4.69, 9.17) is 0 Å². The molecule has 5 heteroatoms. The highest BCUT2D eigenvalue weighted by atomic mass is 19.2. The van der Waals surface area contributed by atoms with Gasteiger partial charge in [-0.3, -0.25) is 0 Å². The lowest BCUT2D eigenvalue weighted by Gasteiger charge is -2.13. The van der Waals surface area contributed by atoms with E-state index in [1.807, 2.05) is 0 Å². The quantitative estimate of drug-likeness (QED) is 0.548. The maximum atomic E-state index is 13.3. The lowest BCUT2D eigenvalue weighted by atomic mass is 10.1. The Morgan fingerprint density at radius 2 is 1.27 bits per heavy atom. The fourth-order valence-electron chi connectivity index (χ4n) is 1.24. The van der Waals surface area contributed by atoms with Crippen LogP contribution in [0.1, 0.15) is 11.1 Å². The van der Waals surface area contributed by atoms with Gasteiger partial charge in [-0.2, -0.15) is 0 Å². The third-order valence-electron chi connectivity index (χ3n) is 2.05. The van der Waals surface area contributed by atoms with E-state index in [0.717, 1.165) is 6.92 Å². The Morgan fingerprint density at radius 3 is 1.60 bits per heavy atom. The monoisotopic (exact) mass is 221 g/mol. The molecule has 0 saturated carbocycles. The minimum Gasteiger partial charge on any atom is -0.305 e. The minimum absolute atomic E-state index is 0.189. The van der Waals surface area contributed by atoms with Crippen molar-refractivity contribution < 1.29 is 17.6 Å². The van der Waals surface area contributed by atoms with Crippen LogP contribution < -0.4 is 0 Å². The third kappa shape index (κ3) is 2.12. The molecule has 0 aliphatic carbocycles. The Labute approximate surface area is 85.3 Å². The van der Waals surface area contributed by atoms with Crippen molar-refractivity contribution in [2.24, 2.45) is 0 Å². The largest absolute Gasteiger partial charge is 0.305 e. The van der Waals surface area contributed by atoms with Gasteiger partial charge in [-0.05, 0) is 21.0 Å². The molecule has 0 N–H and O–H groups in total. The number of hydrogen-bond acceptors (Lipinski definition) is 1. The van der Waals surface area contributed by atoms with Crippen LogP contribution in [-0.4, -0.2) is 19.0 Å². The number of halogens is 4. The lowest BCUT2D eigenvalue weighted by Crippen LogP contribution is -2.16. The maximum absolute atomic E-state index is 13.3. The van der Waals surface area contributed by atoms with Crippen molar-refractivity contribution in [2.75, 3.05) is 14.1 Å². The molecule has 0 atom stereocenters. The average Bonchev–Trinajstić information content (AvgIpc) is 2.18. The zero-order valence-corrected chi connectivity index (χ0v) is 8.67. The Hall–Kier alpha value is -1.10. The van der Waals surface area contributed by atoms with Crippen LogP contribution in [0, 0.1) is 30.2 Å². The van der Waals surface area contributed by atoms with Crippen LogP contribution in [0.15, 0.2) is 0 Å². The Morgan fingerprint density at radius 1 is 0.867 bits per heavy atom. The van der Waals surface area contributed by atoms with Gasteiger partial charge >= 0.3 is 0 Å².